The third-order valence-electron chi connectivity index (χ3n) is 8.39. The van der Waals surface area contributed by atoms with E-state index in [1.165, 1.54) is 32.1 Å². The number of hydrazine groups is 1. The lowest BCUT2D eigenvalue weighted by molar-refractivity contribution is -0.177. The molecule has 3 fully saturated rings. The molecule has 9 heteroatoms. The van der Waals surface area contributed by atoms with Crippen molar-refractivity contribution < 1.29 is 23.9 Å². The van der Waals surface area contributed by atoms with Crippen LogP contribution in [-0.4, -0.2) is 62.5 Å². The number of piperidine rings is 1. The third-order valence-corrected chi connectivity index (χ3v) is 8.39. The fraction of sp³-hybridized carbons (Fsp3) is 0.793. The quantitative estimate of drug-likeness (QED) is 0.534. The summed E-state index contributed by atoms with van der Waals surface area (Å²) in [5.41, 5.74) is 0.127. The van der Waals surface area contributed by atoms with Gasteiger partial charge in [0, 0.05) is 49.0 Å². The molecule has 2 spiro atoms. The van der Waals surface area contributed by atoms with Crippen molar-refractivity contribution in [3.05, 3.63) is 12.2 Å². The molecule has 0 atom stereocenters. The SMILES string of the molecule is CC1(C)CC2(CC(C)(C)N1)OC1(CCCCCCCCCCC1)N(CCC(=O)NN1C(=O)C=CC1=O)C2=O. The number of carbonyl (C=O) groups excluding carboxylic acids is 4. The van der Waals surface area contributed by atoms with Crippen LogP contribution in [0.4, 0.5) is 0 Å². The molecule has 2 N–H and O–H groups in total. The molecule has 0 aromatic heterocycles. The molecule has 3 heterocycles. The summed E-state index contributed by atoms with van der Waals surface area (Å²) in [5, 5.41) is 4.39. The predicted octanol–water partition coefficient (Wildman–Crippen LogP) is 3.87. The van der Waals surface area contributed by atoms with Gasteiger partial charge in [-0.3, -0.25) is 24.6 Å². The van der Waals surface area contributed by atoms with Crippen molar-refractivity contribution >= 4 is 23.6 Å². The van der Waals surface area contributed by atoms with Gasteiger partial charge in [-0.05, 0) is 53.4 Å². The van der Waals surface area contributed by atoms with Crippen LogP contribution in [0.1, 0.15) is 118 Å². The Hall–Kier alpha value is -2.26. The highest BCUT2D eigenvalue weighted by atomic mass is 16.6. The van der Waals surface area contributed by atoms with Crippen molar-refractivity contribution in [3.63, 3.8) is 0 Å². The minimum Gasteiger partial charge on any atom is -0.339 e. The lowest BCUT2D eigenvalue weighted by Gasteiger charge is -2.50. The number of imide groups is 1. The van der Waals surface area contributed by atoms with Gasteiger partial charge in [0.1, 0.15) is 5.72 Å². The average molecular weight is 531 g/mol. The van der Waals surface area contributed by atoms with Gasteiger partial charge in [-0.2, -0.15) is 5.01 Å². The lowest BCUT2D eigenvalue weighted by atomic mass is 9.72. The first-order valence-electron chi connectivity index (χ1n) is 14.5. The van der Waals surface area contributed by atoms with Crippen LogP contribution < -0.4 is 10.7 Å². The van der Waals surface area contributed by atoms with Crippen LogP contribution in [0.15, 0.2) is 12.2 Å². The van der Waals surface area contributed by atoms with Crippen molar-refractivity contribution in [1.29, 1.82) is 0 Å². The molecule has 4 rings (SSSR count). The van der Waals surface area contributed by atoms with Crippen molar-refractivity contribution in [2.75, 3.05) is 6.54 Å². The number of hydrogen-bond acceptors (Lipinski definition) is 6. The molecule has 0 bridgehead atoms. The molecule has 1 aliphatic carbocycles. The Labute approximate surface area is 227 Å². The topological polar surface area (TPSA) is 108 Å². The van der Waals surface area contributed by atoms with Gasteiger partial charge >= 0.3 is 0 Å². The number of carbonyl (C=O) groups is 4. The Bertz CT molecular complexity index is 926. The fourth-order valence-corrected chi connectivity index (χ4v) is 7.36. The summed E-state index contributed by atoms with van der Waals surface area (Å²) in [6.07, 6.45) is 15.2. The summed E-state index contributed by atoms with van der Waals surface area (Å²) in [6.45, 7) is 8.66. The van der Waals surface area contributed by atoms with Crippen LogP contribution in [0.2, 0.25) is 0 Å². The van der Waals surface area contributed by atoms with Crippen LogP contribution in [-0.2, 0) is 23.9 Å². The molecule has 9 nitrogen and oxygen atoms in total. The molecule has 2 saturated heterocycles. The van der Waals surface area contributed by atoms with Crippen molar-refractivity contribution in [2.45, 2.75) is 140 Å². The Morgan fingerprint density at radius 1 is 0.842 bits per heavy atom. The van der Waals surface area contributed by atoms with Crippen molar-refractivity contribution in [1.82, 2.24) is 20.7 Å². The van der Waals surface area contributed by atoms with E-state index in [0.717, 1.165) is 55.7 Å². The van der Waals surface area contributed by atoms with Crippen LogP contribution in [0.3, 0.4) is 0 Å². The van der Waals surface area contributed by atoms with E-state index in [1.54, 1.807) is 0 Å². The summed E-state index contributed by atoms with van der Waals surface area (Å²) < 4.78 is 7.09. The molecule has 0 aromatic rings. The van der Waals surface area contributed by atoms with Gasteiger partial charge in [-0.15, -0.1) is 0 Å². The highest BCUT2D eigenvalue weighted by Crippen LogP contribution is 2.50. The summed E-state index contributed by atoms with van der Waals surface area (Å²) >= 11 is 0. The number of nitrogens with one attached hydrogen (secondary N) is 2. The number of amides is 4. The van der Waals surface area contributed by atoms with E-state index in [1.807, 2.05) is 4.90 Å². The first-order chi connectivity index (χ1) is 17.9. The van der Waals surface area contributed by atoms with Gasteiger partial charge in [0.05, 0.1) is 0 Å². The second kappa shape index (κ2) is 11.1. The van der Waals surface area contributed by atoms with E-state index in [2.05, 4.69) is 38.4 Å². The highest BCUT2D eigenvalue weighted by Gasteiger charge is 2.64. The zero-order chi connectivity index (χ0) is 27.6. The number of nitrogens with zero attached hydrogens (tertiary/aromatic N) is 2. The molecule has 0 aromatic carbocycles. The monoisotopic (exact) mass is 530 g/mol. The normalized spacial score (nSPS) is 27.0. The van der Waals surface area contributed by atoms with E-state index in [4.69, 9.17) is 4.74 Å². The Morgan fingerprint density at radius 2 is 1.32 bits per heavy atom. The Balaban J connectivity index is 1.59. The summed E-state index contributed by atoms with van der Waals surface area (Å²) in [5.74, 6) is -1.65. The first kappa shape index (κ1) is 28.7. The van der Waals surface area contributed by atoms with Crippen LogP contribution in [0, 0.1) is 0 Å². The van der Waals surface area contributed by atoms with E-state index in [9.17, 15) is 19.2 Å². The second-order valence-electron chi connectivity index (χ2n) is 13.1. The molecule has 38 heavy (non-hydrogen) atoms. The maximum Gasteiger partial charge on any atom is 0.272 e. The predicted molar refractivity (Wildman–Crippen MR) is 143 cm³/mol. The van der Waals surface area contributed by atoms with E-state index < -0.39 is 29.0 Å². The van der Waals surface area contributed by atoms with E-state index in [-0.39, 0.29) is 30.0 Å². The number of rotatable bonds is 4. The zero-order valence-electron chi connectivity index (χ0n) is 23.7. The van der Waals surface area contributed by atoms with Crippen molar-refractivity contribution in [3.8, 4) is 0 Å². The Morgan fingerprint density at radius 3 is 1.82 bits per heavy atom. The zero-order valence-corrected chi connectivity index (χ0v) is 23.7. The number of ether oxygens (including phenoxy) is 1. The molecule has 3 aliphatic heterocycles. The van der Waals surface area contributed by atoms with E-state index >= 15 is 0 Å². The van der Waals surface area contributed by atoms with Gasteiger partial charge in [-0.1, -0.05) is 44.9 Å². The summed E-state index contributed by atoms with van der Waals surface area (Å²) in [7, 11) is 0. The molecular formula is C29H46N4O5. The van der Waals surface area contributed by atoms with Gasteiger partial charge in [0.25, 0.3) is 17.7 Å². The maximum absolute atomic E-state index is 14.4. The molecule has 212 valence electrons. The molecule has 0 radical (unpaired) electrons. The van der Waals surface area contributed by atoms with Gasteiger partial charge < -0.3 is 15.0 Å². The summed E-state index contributed by atoms with van der Waals surface area (Å²) in [4.78, 5) is 52.9. The molecule has 4 amide bonds. The third kappa shape index (κ3) is 6.30. The van der Waals surface area contributed by atoms with Gasteiger partial charge in [-0.25, -0.2) is 0 Å². The fourth-order valence-electron chi connectivity index (χ4n) is 7.36. The second-order valence-corrected chi connectivity index (χ2v) is 13.1. The molecule has 0 unspecified atom stereocenters. The standard InChI is InChI=1S/C29H46N4O5/c1-26(2)20-28(21-27(3,4)31-26)25(37)32(19-16-22(34)30-33-23(35)14-15-24(33)36)29(38-28)17-12-10-8-6-5-7-9-11-13-18-29/h14-15,31H,5-13,16-21H2,1-4H3,(H,30,34). The van der Waals surface area contributed by atoms with Crippen LogP contribution in [0.25, 0.3) is 0 Å². The Kier molecular flexibility index (Phi) is 8.38. The maximum atomic E-state index is 14.4. The van der Waals surface area contributed by atoms with Crippen LogP contribution in [0.5, 0.6) is 0 Å². The van der Waals surface area contributed by atoms with Crippen molar-refractivity contribution in [2.24, 2.45) is 0 Å². The van der Waals surface area contributed by atoms with Crippen LogP contribution >= 0.6 is 0 Å². The van der Waals surface area contributed by atoms with E-state index in [0.29, 0.717) is 12.8 Å². The molecular weight excluding hydrogens is 484 g/mol. The largest absolute Gasteiger partial charge is 0.339 e. The first-order valence-corrected chi connectivity index (χ1v) is 14.5. The molecule has 4 aliphatic rings. The lowest BCUT2D eigenvalue weighted by Crippen LogP contribution is -2.65. The summed E-state index contributed by atoms with van der Waals surface area (Å²) in [6, 6.07) is 0. The smallest absolute Gasteiger partial charge is 0.272 e. The highest BCUT2D eigenvalue weighted by molar-refractivity contribution is 6.13. The van der Waals surface area contributed by atoms with Gasteiger partial charge in [0.15, 0.2) is 5.60 Å². The average Bonchev–Trinajstić information content (AvgIpc) is 3.21. The number of hydrogen-bond donors (Lipinski definition) is 2. The van der Waals surface area contributed by atoms with Gasteiger partial charge in [0.2, 0.25) is 5.91 Å². The minimum absolute atomic E-state index is 0.0188. The minimum atomic E-state index is -0.948. The molecule has 1 saturated carbocycles.